The maximum Gasteiger partial charge on any atom is 0.430 e. The molecule has 0 saturated carbocycles. The van der Waals surface area contributed by atoms with Crippen LogP contribution in [0.1, 0.15) is 31.2 Å². The SMILES string of the molecule is CS(=O)(=O)c1ccc(N2CCC(C3CCN(C(=O)[C@](O)(c4ccccc4)C(F)(F)F)CC3)CC2)cc1Cl. The summed E-state index contributed by atoms with van der Waals surface area (Å²) in [6.45, 7) is 1.83. The molecule has 2 saturated heterocycles. The maximum atomic E-state index is 13.9. The lowest BCUT2D eigenvalue weighted by Gasteiger charge is -2.42. The van der Waals surface area contributed by atoms with Gasteiger partial charge < -0.3 is 14.9 Å². The Kier molecular flexibility index (Phi) is 7.84. The number of hydrogen-bond donors (Lipinski definition) is 1. The third-order valence-electron chi connectivity index (χ3n) is 7.62. The van der Waals surface area contributed by atoms with Crippen LogP contribution in [0.2, 0.25) is 5.02 Å². The van der Waals surface area contributed by atoms with Gasteiger partial charge in [-0.3, -0.25) is 4.79 Å². The van der Waals surface area contributed by atoms with E-state index in [1.807, 2.05) is 0 Å². The Morgan fingerprint density at radius 2 is 1.49 bits per heavy atom. The number of rotatable bonds is 5. The molecule has 11 heteroatoms. The molecule has 0 radical (unpaired) electrons. The van der Waals surface area contributed by atoms with Crippen LogP contribution < -0.4 is 4.90 Å². The van der Waals surface area contributed by atoms with Gasteiger partial charge in [-0.25, -0.2) is 8.42 Å². The fourth-order valence-corrected chi connectivity index (χ4v) is 6.83. The molecule has 0 aromatic heterocycles. The van der Waals surface area contributed by atoms with Crippen LogP contribution >= 0.6 is 11.6 Å². The van der Waals surface area contributed by atoms with Gasteiger partial charge in [-0.2, -0.15) is 13.2 Å². The molecule has 1 N–H and O–H groups in total. The zero-order valence-corrected chi connectivity index (χ0v) is 22.0. The highest BCUT2D eigenvalue weighted by Crippen LogP contribution is 2.42. The molecule has 37 heavy (non-hydrogen) atoms. The number of hydrogen-bond acceptors (Lipinski definition) is 5. The number of aliphatic hydroxyl groups is 1. The fraction of sp³-hybridized carbons (Fsp3) is 0.500. The first-order valence-corrected chi connectivity index (χ1v) is 14.5. The molecule has 1 atom stereocenters. The van der Waals surface area contributed by atoms with Crippen LogP contribution in [0.15, 0.2) is 53.4 Å². The van der Waals surface area contributed by atoms with Gasteiger partial charge in [-0.15, -0.1) is 0 Å². The van der Waals surface area contributed by atoms with Crippen LogP contribution in [0, 0.1) is 11.8 Å². The minimum absolute atomic E-state index is 0.0961. The van der Waals surface area contributed by atoms with E-state index in [4.69, 9.17) is 11.6 Å². The average molecular weight is 559 g/mol. The maximum absolute atomic E-state index is 13.9. The fourth-order valence-electron chi connectivity index (χ4n) is 5.51. The minimum Gasteiger partial charge on any atom is -0.371 e. The normalized spacial score (nSPS) is 20.1. The molecule has 6 nitrogen and oxygen atoms in total. The Bertz CT molecular complexity index is 1230. The van der Waals surface area contributed by atoms with E-state index in [9.17, 15) is 31.5 Å². The summed E-state index contributed by atoms with van der Waals surface area (Å²) in [6, 6.07) is 11.4. The molecule has 2 aromatic carbocycles. The quantitative estimate of drug-likeness (QED) is 0.578. The lowest BCUT2D eigenvalue weighted by atomic mass is 9.78. The third kappa shape index (κ3) is 5.61. The predicted octanol–water partition coefficient (Wildman–Crippen LogP) is 4.65. The minimum atomic E-state index is -5.14. The Morgan fingerprint density at radius 1 is 0.946 bits per heavy atom. The van der Waals surface area contributed by atoms with Crippen LogP contribution in [0.4, 0.5) is 18.9 Å². The number of halogens is 4. The average Bonchev–Trinajstić information content (AvgIpc) is 2.87. The predicted molar refractivity (Wildman–Crippen MR) is 135 cm³/mol. The highest BCUT2D eigenvalue weighted by Gasteiger charge is 2.62. The zero-order valence-electron chi connectivity index (χ0n) is 20.4. The zero-order chi connectivity index (χ0) is 27.0. The van der Waals surface area contributed by atoms with Crippen molar-refractivity contribution in [3.8, 4) is 0 Å². The highest BCUT2D eigenvalue weighted by atomic mass is 35.5. The first kappa shape index (κ1) is 27.7. The molecule has 2 aliphatic rings. The summed E-state index contributed by atoms with van der Waals surface area (Å²) in [6.07, 6.45) is -1.12. The summed E-state index contributed by atoms with van der Waals surface area (Å²) in [5, 5.41) is 10.8. The molecule has 2 fully saturated rings. The van der Waals surface area contributed by atoms with Crippen molar-refractivity contribution < 1.29 is 31.5 Å². The Balaban J connectivity index is 1.36. The number of carbonyl (C=O) groups is 1. The molecule has 0 spiro atoms. The number of anilines is 1. The first-order valence-electron chi connectivity index (χ1n) is 12.2. The van der Waals surface area contributed by atoms with E-state index in [0.717, 1.165) is 54.9 Å². The summed E-state index contributed by atoms with van der Waals surface area (Å²) >= 11 is 6.20. The second-order valence-corrected chi connectivity index (χ2v) is 12.3. The topological polar surface area (TPSA) is 77.9 Å². The summed E-state index contributed by atoms with van der Waals surface area (Å²) in [7, 11) is -3.40. The summed E-state index contributed by atoms with van der Waals surface area (Å²) < 4.78 is 65.3. The highest BCUT2D eigenvalue weighted by molar-refractivity contribution is 7.90. The Labute approximate surface area is 219 Å². The molecular weight excluding hydrogens is 529 g/mol. The number of likely N-dealkylation sites (tertiary alicyclic amines) is 1. The van der Waals surface area contributed by atoms with Gasteiger partial charge in [0.25, 0.3) is 11.5 Å². The summed E-state index contributed by atoms with van der Waals surface area (Å²) in [4.78, 5) is 16.3. The second-order valence-electron chi connectivity index (χ2n) is 9.92. The summed E-state index contributed by atoms with van der Waals surface area (Å²) in [5.41, 5.74) is -3.20. The van der Waals surface area contributed by atoms with Crippen LogP contribution in [0.3, 0.4) is 0 Å². The van der Waals surface area contributed by atoms with E-state index in [0.29, 0.717) is 18.8 Å². The molecule has 0 aliphatic carbocycles. The van der Waals surface area contributed by atoms with E-state index in [1.165, 1.54) is 24.3 Å². The summed E-state index contributed by atoms with van der Waals surface area (Å²) in [5.74, 6) is -0.679. The lowest BCUT2D eigenvalue weighted by molar-refractivity contribution is -0.262. The van der Waals surface area contributed by atoms with Gasteiger partial charge in [-0.05, 0) is 55.7 Å². The van der Waals surface area contributed by atoms with Gasteiger partial charge in [0.15, 0.2) is 9.84 Å². The van der Waals surface area contributed by atoms with Crippen molar-refractivity contribution in [2.24, 2.45) is 11.8 Å². The molecule has 202 valence electrons. The largest absolute Gasteiger partial charge is 0.430 e. The number of benzene rings is 2. The molecule has 2 aromatic rings. The smallest absolute Gasteiger partial charge is 0.371 e. The van der Waals surface area contributed by atoms with E-state index in [1.54, 1.807) is 12.1 Å². The van der Waals surface area contributed by atoms with Crippen LogP contribution in [0.5, 0.6) is 0 Å². The van der Waals surface area contributed by atoms with E-state index in [2.05, 4.69) is 4.90 Å². The van der Waals surface area contributed by atoms with E-state index >= 15 is 0 Å². The lowest BCUT2D eigenvalue weighted by Crippen LogP contribution is -2.57. The second kappa shape index (κ2) is 10.5. The number of amides is 1. The number of alkyl halides is 3. The molecule has 1 amide bonds. The Morgan fingerprint density at radius 3 is 1.97 bits per heavy atom. The molecule has 0 unspecified atom stereocenters. The monoisotopic (exact) mass is 558 g/mol. The third-order valence-corrected chi connectivity index (χ3v) is 9.20. The molecule has 4 rings (SSSR count). The molecule has 0 bridgehead atoms. The van der Waals surface area contributed by atoms with Crippen molar-refractivity contribution in [3.05, 3.63) is 59.1 Å². The van der Waals surface area contributed by atoms with E-state index in [-0.39, 0.29) is 28.9 Å². The van der Waals surface area contributed by atoms with Crippen molar-refractivity contribution in [3.63, 3.8) is 0 Å². The first-order chi connectivity index (χ1) is 17.3. The van der Waals surface area contributed by atoms with Crippen LogP contribution in [-0.2, 0) is 20.2 Å². The van der Waals surface area contributed by atoms with Gasteiger partial charge >= 0.3 is 6.18 Å². The molecule has 2 aliphatic heterocycles. The van der Waals surface area contributed by atoms with E-state index < -0.39 is 33.1 Å². The van der Waals surface area contributed by atoms with Crippen molar-refractivity contribution in [2.45, 2.75) is 42.4 Å². The van der Waals surface area contributed by atoms with Gasteiger partial charge in [0.2, 0.25) is 0 Å². The number of nitrogens with zero attached hydrogens (tertiary/aromatic N) is 2. The van der Waals surface area contributed by atoms with Gasteiger partial charge in [0.05, 0.1) is 9.92 Å². The standard InChI is InChI=1S/C26H30ClF3N2O4S/c1-37(35,36)23-8-7-21(17-22(23)27)31-13-9-18(10-14-31)19-11-15-32(16-12-19)24(33)25(34,26(28,29)30)20-5-3-2-4-6-20/h2-8,17-19,34H,9-16H2,1H3/t25-/m1/s1. The van der Waals surface area contributed by atoms with Crippen molar-refractivity contribution >= 4 is 33.0 Å². The van der Waals surface area contributed by atoms with Gasteiger partial charge in [-0.1, -0.05) is 41.9 Å². The molecule has 2 heterocycles. The number of piperidine rings is 2. The molecular formula is C26H30ClF3N2O4S. The Hall–Kier alpha value is -2.30. The van der Waals surface area contributed by atoms with Crippen molar-refractivity contribution in [1.82, 2.24) is 4.90 Å². The number of sulfone groups is 1. The van der Waals surface area contributed by atoms with Gasteiger partial charge in [0, 0.05) is 43.7 Å². The van der Waals surface area contributed by atoms with Crippen molar-refractivity contribution in [2.75, 3.05) is 37.3 Å². The number of carbonyl (C=O) groups excluding carboxylic acids is 1. The van der Waals surface area contributed by atoms with Gasteiger partial charge in [0.1, 0.15) is 0 Å². The van der Waals surface area contributed by atoms with Crippen LogP contribution in [0.25, 0.3) is 0 Å². The van der Waals surface area contributed by atoms with Crippen LogP contribution in [-0.4, -0.2) is 62.9 Å². The van der Waals surface area contributed by atoms with Crippen molar-refractivity contribution in [1.29, 1.82) is 0 Å².